The summed E-state index contributed by atoms with van der Waals surface area (Å²) in [7, 11) is -2.46. The summed E-state index contributed by atoms with van der Waals surface area (Å²) in [5.74, 6) is 3.16. The number of hydrogen-bond acceptors (Lipinski definition) is 1. The molecule has 0 spiro atoms. The van der Waals surface area contributed by atoms with Gasteiger partial charge in [-0.3, -0.25) is 0 Å². The Labute approximate surface area is 172 Å². The van der Waals surface area contributed by atoms with Gasteiger partial charge in [-0.05, 0) is 46.7 Å². The summed E-state index contributed by atoms with van der Waals surface area (Å²) < 4.78 is 7.28. The first kappa shape index (κ1) is 20.6. The Morgan fingerprint density at radius 3 is 2.04 bits per heavy atom. The summed E-state index contributed by atoms with van der Waals surface area (Å²) in [6, 6.07) is 21.8. The monoisotopic (exact) mass is 388 g/mol. The van der Waals surface area contributed by atoms with Crippen molar-refractivity contribution in [3.63, 3.8) is 0 Å². The number of terminal acetylenes is 1. The topological polar surface area (TPSA) is 9.23 Å². The molecule has 146 valence electrons. The Morgan fingerprint density at radius 2 is 1.54 bits per heavy atom. The van der Waals surface area contributed by atoms with E-state index >= 15 is 0 Å². The lowest BCUT2D eigenvalue weighted by Gasteiger charge is -2.46. The van der Waals surface area contributed by atoms with Crippen molar-refractivity contribution in [2.24, 2.45) is 5.92 Å². The summed E-state index contributed by atoms with van der Waals surface area (Å²) in [5.41, 5.74) is 0. The molecule has 1 fully saturated rings. The van der Waals surface area contributed by atoms with E-state index in [1.165, 1.54) is 23.2 Å². The fraction of sp³-hybridized carbons (Fsp3) is 0.385. The quantitative estimate of drug-likeness (QED) is 0.498. The van der Waals surface area contributed by atoms with Crippen molar-refractivity contribution < 1.29 is 4.43 Å². The van der Waals surface area contributed by atoms with E-state index < -0.39 is 8.32 Å². The third-order valence-corrected chi connectivity index (χ3v) is 11.0. The van der Waals surface area contributed by atoms with Gasteiger partial charge < -0.3 is 4.43 Å². The van der Waals surface area contributed by atoms with E-state index in [-0.39, 0.29) is 11.1 Å². The van der Waals surface area contributed by atoms with Crippen LogP contribution in [-0.2, 0) is 4.43 Å². The lowest BCUT2D eigenvalue weighted by molar-refractivity contribution is 0.126. The lowest BCUT2D eigenvalue weighted by atomic mass is 9.87. The first-order valence-corrected chi connectivity index (χ1v) is 12.3. The normalized spacial score (nSPS) is 20.8. The van der Waals surface area contributed by atoms with Gasteiger partial charge in [0, 0.05) is 6.10 Å². The average molecular weight is 389 g/mol. The Bertz CT molecular complexity index is 772. The number of allylic oxidation sites excluding steroid dienone is 2. The molecule has 1 aliphatic carbocycles. The molecule has 2 aromatic carbocycles. The minimum Gasteiger partial charge on any atom is -0.404 e. The van der Waals surface area contributed by atoms with Crippen LogP contribution >= 0.6 is 0 Å². The molecule has 3 rings (SSSR count). The van der Waals surface area contributed by atoms with E-state index in [4.69, 9.17) is 10.8 Å². The number of rotatable bonds is 5. The highest BCUT2D eigenvalue weighted by Crippen LogP contribution is 2.40. The number of benzene rings is 2. The highest BCUT2D eigenvalue weighted by molar-refractivity contribution is 6.99. The molecule has 2 heteroatoms. The molecule has 0 amide bonds. The summed E-state index contributed by atoms with van der Waals surface area (Å²) >= 11 is 0. The standard InChI is InChI=1S/C26H32OSi/c1-5-6-14-22-15-13-16-23(21-22)27-28(26(2,3)4,24-17-9-7-10-18-24)25-19-11-8-12-20-25/h1,6-12,14,17-20,22-23H,13,15-16,21H2,2-4H3/b14-6-/t22-,23+/m1/s1. The molecule has 1 aliphatic rings. The van der Waals surface area contributed by atoms with Gasteiger partial charge in [-0.15, -0.1) is 6.42 Å². The molecule has 2 atom stereocenters. The zero-order valence-electron chi connectivity index (χ0n) is 17.4. The van der Waals surface area contributed by atoms with Crippen LogP contribution in [0.5, 0.6) is 0 Å². The third-order valence-electron chi connectivity index (χ3n) is 5.89. The summed E-state index contributed by atoms with van der Waals surface area (Å²) in [5, 5.41) is 2.74. The minimum atomic E-state index is -2.46. The summed E-state index contributed by atoms with van der Waals surface area (Å²) in [4.78, 5) is 0. The van der Waals surface area contributed by atoms with Crippen molar-refractivity contribution in [1.82, 2.24) is 0 Å². The molecule has 1 nitrogen and oxygen atoms in total. The lowest BCUT2D eigenvalue weighted by Crippen LogP contribution is -2.67. The maximum absolute atomic E-state index is 7.28. The molecular weight excluding hydrogens is 356 g/mol. The van der Waals surface area contributed by atoms with E-state index in [2.05, 4.69) is 93.4 Å². The molecule has 0 radical (unpaired) electrons. The highest BCUT2D eigenvalue weighted by atomic mass is 28.4. The maximum atomic E-state index is 7.28. The maximum Gasteiger partial charge on any atom is 0.261 e. The SMILES string of the molecule is C#C/C=C\[C@@H]1CCC[C@H](O[Si](c2ccccc2)(c2ccccc2)C(C)(C)C)C1. The van der Waals surface area contributed by atoms with Crippen LogP contribution in [-0.4, -0.2) is 14.4 Å². The third kappa shape index (κ3) is 4.32. The van der Waals surface area contributed by atoms with Gasteiger partial charge in [-0.25, -0.2) is 0 Å². The Hall–Kier alpha value is -2.08. The molecule has 0 bridgehead atoms. The predicted octanol–water partition coefficient (Wildman–Crippen LogP) is 5.31. The first-order valence-electron chi connectivity index (χ1n) is 10.4. The molecule has 0 saturated heterocycles. The molecule has 2 aromatic rings. The zero-order valence-corrected chi connectivity index (χ0v) is 18.4. The smallest absolute Gasteiger partial charge is 0.261 e. The molecule has 0 unspecified atom stereocenters. The highest BCUT2D eigenvalue weighted by Gasteiger charge is 2.51. The Morgan fingerprint density at radius 1 is 0.964 bits per heavy atom. The van der Waals surface area contributed by atoms with Crippen molar-refractivity contribution in [1.29, 1.82) is 0 Å². The van der Waals surface area contributed by atoms with Crippen molar-refractivity contribution in [2.75, 3.05) is 0 Å². The van der Waals surface area contributed by atoms with Crippen LogP contribution < -0.4 is 10.4 Å². The molecule has 0 aliphatic heterocycles. The summed E-state index contributed by atoms with van der Waals surface area (Å²) in [6.45, 7) is 7.04. The van der Waals surface area contributed by atoms with Gasteiger partial charge in [0.2, 0.25) is 0 Å². The zero-order chi connectivity index (χ0) is 20.0. The average Bonchev–Trinajstić information content (AvgIpc) is 2.71. The summed E-state index contributed by atoms with van der Waals surface area (Å²) in [6.07, 6.45) is 14.3. The van der Waals surface area contributed by atoms with Gasteiger partial charge in [-0.2, -0.15) is 0 Å². The second kappa shape index (κ2) is 8.95. The van der Waals surface area contributed by atoms with Crippen LogP contribution in [0.1, 0.15) is 46.5 Å². The second-order valence-electron chi connectivity index (χ2n) is 8.86. The fourth-order valence-corrected chi connectivity index (χ4v) is 9.32. The molecule has 28 heavy (non-hydrogen) atoms. The molecule has 0 N–H and O–H groups in total. The van der Waals surface area contributed by atoms with Gasteiger partial charge in [0.25, 0.3) is 8.32 Å². The number of hydrogen-bond donors (Lipinski definition) is 0. The van der Waals surface area contributed by atoms with Gasteiger partial charge in [0.1, 0.15) is 0 Å². The van der Waals surface area contributed by atoms with Gasteiger partial charge in [-0.1, -0.05) is 99.9 Å². The van der Waals surface area contributed by atoms with Crippen molar-refractivity contribution in [3.8, 4) is 12.3 Å². The van der Waals surface area contributed by atoms with Crippen molar-refractivity contribution >= 4 is 18.7 Å². The van der Waals surface area contributed by atoms with E-state index in [1.54, 1.807) is 0 Å². The molecular formula is C26H32OSi. The minimum absolute atomic E-state index is 0.0251. The van der Waals surface area contributed by atoms with E-state index in [1.807, 2.05) is 6.08 Å². The molecule has 0 aromatic heterocycles. The van der Waals surface area contributed by atoms with E-state index in [0.29, 0.717) is 5.92 Å². The molecule has 0 heterocycles. The predicted molar refractivity (Wildman–Crippen MR) is 122 cm³/mol. The van der Waals surface area contributed by atoms with Crippen LogP contribution in [0.3, 0.4) is 0 Å². The Kier molecular flexibility index (Phi) is 6.60. The Balaban J connectivity index is 2.04. The van der Waals surface area contributed by atoms with Crippen LogP contribution in [0.4, 0.5) is 0 Å². The van der Waals surface area contributed by atoms with Crippen molar-refractivity contribution in [2.45, 2.75) is 57.6 Å². The van der Waals surface area contributed by atoms with Gasteiger partial charge in [0.05, 0.1) is 0 Å². The van der Waals surface area contributed by atoms with Crippen molar-refractivity contribution in [3.05, 3.63) is 72.8 Å². The van der Waals surface area contributed by atoms with Crippen LogP contribution in [0.15, 0.2) is 72.8 Å². The second-order valence-corrected chi connectivity index (χ2v) is 13.1. The van der Waals surface area contributed by atoms with E-state index in [0.717, 1.165) is 12.8 Å². The van der Waals surface area contributed by atoms with Gasteiger partial charge >= 0.3 is 0 Å². The van der Waals surface area contributed by atoms with Crippen LogP contribution in [0.2, 0.25) is 5.04 Å². The van der Waals surface area contributed by atoms with E-state index in [9.17, 15) is 0 Å². The van der Waals surface area contributed by atoms with Gasteiger partial charge in [0.15, 0.2) is 0 Å². The first-order chi connectivity index (χ1) is 13.5. The fourth-order valence-electron chi connectivity index (χ4n) is 4.60. The largest absolute Gasteiger partial charge is 0.404 e. The van der Waals surface area contributed by atoms with Crippen LogP contribution in [0.25, 0.3) is 0 Å². The molecule has 1 saturated carbocycles. The van der Waals surface area contributed by atoms with Crippen LogP contribution in [0, 0.1) is 18.3 Å².